The first-order valence-electron chi connectivity index (χ1n) is 33.5. The van der Waals surface area contributed by atoms with Gasteiger partial charge in [-0.2, -0.15) is 0 Å². The van der Waals surface area contributed by atoms with Gasteiger partial charge in [-0.15, -0.1) is 0 Å². The van der Waals surface area contributed by atoms with Crippen LogP contribution < -0.4 is 0 Å². The van der Waals surface area contributed by atoms with Gasteiger partial charge < -0.3 is 33.8 Å². The van der Waals surface area contributed by atoms with Gasteiger partial charge in [0.15, 0.2) is 12.2 Å². The number of hydrogen-bond acceptors (Lipinski definition) is 15. The number of carbonyl (C=O) groups is 4. The predicted octanol–water partition coefficient (Wildman–Crippen LogP) is 17.7. The van der Waals surface area contributed by atoms with Crippen LogP contribution in [0.25, 0.3) is 0 Å². The van der Waals surface area contributed by atoms with Gasteiger partial charge in [0.25, 0.3) is 0 Å². The molecule has 0 aliphatic heterocycles. The zero-order chi connectivity index (χ0) is 61.5. The number of phosphoric acid groups is 2. The van der Waals surface area contributed by atoms with E-state index in [1.807, 2.05) is 0 Å². The molecule has 17 nitrogen and oxygen atoms in total. The summed E-state index contributed by atoms with van der Waals surface area (Å²) in [7, 11) is -9.88. The van der Waals surface area contributed by atoms with Gasteiger partial charge in [-0.3, -0.25) is 37.3 Å². The minimum absolute atomic E-state index is 0.104. The fourth-order valence-electron chi connectivity index (χ4n) is 9.53. The van der Waals surface area contributed by atoms with Gasteiger partial charge >= 0.3 is 39.5 Å². The van der Waals surface area contributed by atoms with Crippen LogP contribution >= 0.6 is 15.6 Å². The first kappa shape index (κ1) is 81.1. The van der Waals surface area contributed by atoms with E-state index in [-0.39, 0.29) is 25.7 Å². The number of aliphatic hydroxyl groups is 1. The summed E-state index contributed by atoms with van der Waals surface area (Å²) >= 11 is 0. The first-order valence-corrected chi connectivity index (χ1v) is 36.5. The van der Waals surface area contributed by atoms with Gasteiger partial charge in [0.1, 0.15) is 19.3 Å². The molecule has 2 unspecified atom stereocenters. The number of rotatable bonds is 63. The number of ether oxygens (including phenoxy) is 4. The van der Waals surface area contributed by atoms with E-state index in [0.717, 1.165) is 115 Å². The summed E-state index contributed by atoms with van der Waals surface area (Å²) < 4.78 is 67.8. The normalized spacial score (nSPS) is 14.3. The Balaban J connectivity index is 5.14. The van der Waals surface area contributed by atoms with E-state index in [0.29, 0.717) is 31.6 Å². The molecule has 0 aromatic rings. The average Bonchev–Trinajstić information content (AvgIpc) is 3.45. The molecule has 0 saturated heterocycles. The molecule has 0 aromatic heterocycles. The number of unbranched alkanes of at least 4 members (excludes halogenated alkanes) is 33. The lowest BCUT2D eigenvalue weighted by molar-refractivity contribution is -0.161. The highest BCUT2D eigenvalue weighted by Crippen LogP contribution is 2.45. The molecule has 83 heavy (non-hydrogen) atoms. The summed E-state index contributed by atoms with van der Waals surface area (Å²) in [5, 5.41) is 10.5. The summed E-state index contributed by atoms with van der Waals surface area (Å²) in [6.07, 6.45) is 39.3. The smallest absolute Gasteiger partial charge is 0.462 e. The van der Waals surface area contributed by atoms with Gasteiger partial charge in [-0.1, -0.05) is 266 Å². The number of hydrogen-bond donors (Lipinski definition) is 3. The van der Waals surface area contributed by atoms with Crippen LogP contribution in [0.1, 0.15) is 318 Å². The highest BCUT2D eigenvalue weighted by Gasteiger charge is 2.30. The van der Waals surface area contributed by atoms with Crippen molar-refractivity contribution >= 4 is 39.5 Å². The fraction of sp³-hybridized carbons (Fsp3) is 0.938. The van der Waals surface area contributed by atoms with Crippen molar-refractivity contribution in [3.63, 3.8) is 0 Å². The van der Waals surface area contributed by atoms with Gasteiger partial charge in [0.2, 0.25) is 0 Å². The second kappa shape index (κ2) is 56.6. The summed E-state index contributed by atoms with van der Waals surface area (Å²) in [5.74, 6) is -0.658. The topological polar surface area (TPSA) is 237 Å². The number of phosphoric ester groups is 2. The SMILES string of the molecule is CCCCCCCCCCC(=O)OC[C@H](COP(=O)(O)OC[C@H](O)COP(=O)(O)OC[C@@H](COC(=O)CCCCCCCCC(C)C)OC(=O)CCCCCCCCCCCCCCCCCC(C)C)OC(=O)CCCCCCCCCC. The Labute approximate surface area is 505 Å². The van der Waals surface area contributed by atoms with Gasteiger partial charge in [0, 0.05) is 25.7 Å². The van der Waals surface area contributed by atoms with Crippen LogP contribution in [0.15, 0.2) is 0 Å². The predicted molar refractivity (Wildman–Crippen MR) is 331 cm³/mol. The van der Waals surface area contributed by atoms with Crippen LogP contribution in [-0.4, -0.2) is 96.7 Å². The highest BCUT2D eigenvalue weighted by molar-refractivity contribution is 7.47. The quantitative estimate of drug-likeness (QED) is 0.0222. The number of esters is 4. The van der Waals surface area contributed by atoms with Crippen LogP contribution in [0.4, 0.5) is 0 Å². The lowest BCUT2D eigenvalue weighted by Crippen LogP contribution is -2.30. The lowest BCUT2D eigenvalue weighted by Gasteiger charge is -2.21. The molecule has 0 aromatic carbocycles. The maximum absolute atomic E-state index is 13.0. The number of carbonyl (C=O) groups excluding carboxylic acids is 4. The maximum atomic E-state index is 13.0. The number of aliphatic hydroxyl groups excluding tert-OH is 1. The second-order valence-electron chi connectivity index (χ2n) is 24.1. The van der Waals surface area contributed by atoms with Crippen molar-refractivity contribution in [2.75, 3.05) is 39.6 Å². The summed E-state index contributed by atoms with van der Waals surface area (Å²) in [6, 6.07) is 0. The van der Waals surface area contributed by atoms with Crippen molar-refractivity contribution in [2.45, 2.75) is 336 Å². The van der Waals surface area contributed by atoms with Crippen molar-refractivity contribution in [3.05, 3.63) is 0 Å². The molecule has 0 amide bonds. The Morgan fingerprint density at radius 1 is 0.325 bits per heavy atom. The Kier molecular flexibility index (Phi) is 55.2. The molecule has 19 heteroatoms. The summed E-state index contributed by atoms with van der Waals surface area (Å²) in [4.78, 5) is 72.0. The molecule has 492 valence electrons. The zero-order valence-corrected chi connectivity index (χ0v) is 55.3. The van der Waals surface area contributed by atoms with E-state index in [1.165, 1.54) is 116 Å². The Morgan fingerprint density at radius 2 is 0.554 bits per heavy atom. The molecule has 0 aliphatic rings. The molecule has 0 bridgehead atoms. The molecule has 0 aliphatic carbocycles. The highest BCUT2D eigenvalue weighted by atomic mass is 31.2. The Hall–Kier alpha value is -1.94. The molecule has 0 rings (SSSR count). The third-order valence-electron chi connectivity index (χ3n) is 14.7. The standard InChI is InChI=1S/C64H124O17P2/c1-7-9-11-13-15-27-34-40-46-61(66)74-52-59(80-63(68)48-42-36-28-16-14-12-10-8-2)54-78-82(70,71)76-50-58(65)51-77-83(72,73)79-55-60(53-75-62(67)47-41-35-31-30-33-39-45-57(5)6)81-64(69)49-43-37-29-25-23-21-19-17-18-20-22-24-26-32-38-44-56(3)4/h56-60,65H,7-55H2,1-6H3,(H,70,71)(H,72,73)/t58-,59+,60+/m0/s1. The van der Waals surface area contributed by atoms with Gasteiger partial charge in [-0.05, 0) is 37.5 Å². The van der Waals surface area contributed by atoms with Crippen LogP contribution in [0.2, 0.25) is 0 Å². The van der Waals surface area contributed by atoms with Crippen molar-refractivity contribution in [1.29, 1.82) is 0 Å². The Bertz CT molecular complexity index is 1630. The largest absolute Gasteiger partial charge is 0.472 e. The van der Waals surface area contributed by atoms with Crippen LogP contribution in [0, 0.1) is 11.8 Å². The minimum Gasteiger partial charge on any atom is -0.462 e. The van der Waals surface area contributed by atoms with E-state index in [1.54, 1.807) is 0 Å². The molecule has 0 saturated carbocycles. The van der Waals surface area contributed by atoms with E-state index in [2.05, 4.69) is 41.5 Å². The van der Waals surface area contributed by atoms with Crippen molar-refractivity contribution in [2.24, 2.45) is 11.8 Å². The molecule has 5 atom stereocenters. The Morgan fingerprint density at radius 3 is 0.819 bits per heavy atom. The molecule has 0 fully saturated rings. The first-order chi connectivity index (χ1) is 39.9. The van der Waals surface area contributed by atoms with E-state index in [9.17, 15) is 43.2 Å². The third-order valence-corrected chi connectivity index (χ3v) is 16.6. The van der Waals surface area contributed by atoms with Crippen LogP contribution in [-0.2, 0) is 65.4 Å². The van der Waals surface area contributed by atoms with Crippen molar-refractivity contribution in [1.82, 2.24) is 0 Å². The maximum Gasteiger partial charge on any atom is 0.472 e. The van der Waals surface area contributed by atoms with Crippen LogP contribution in [0.5, 0.6) is 0 Å². The molecule has 0 heterocycles. The monoisotopic (exact) mass is 1230 g/mol. The van der Waals surface area contributed by atoms with Crippen molar-refractivity contribution in [3.8, 4) is 0 Å². The summed E-state index contributed by atoms with van der Waals surface area (Å²) in [6.45, 7) is 9.39. The minimum atomic E-state index is -4.94. The zero-order valence-electron chi connectivity index (χ0n) is 53.5. The molecule has 0 spiro atoms. The van der Waals surface area contributed by atoms with Crippen molar-refractivity contribution < 1.29 is 80.2 Å². The van der Waals surface area contributed by atoms with Gasteiger partial charge in [0.05, 0.1) is 26.4 Å². The van der Waals surface area contributed by atoms with E-state index < -0.39 is 97.5 Å². The van der Waals surface area contributed by atoms with Crippen LogP contribution in [0.3, 0.4) is 0 Å². The third kappa shape index (κ3) is 58.8. The second-order valence-corrected chi connectivity index (χ2v) is 27.0. The molecule has 3 N–H and O–H groups in total. The van der Waals surface area contributed by atoms with E-state index >= 15 is 0 Å². The van der Waals surface area contributed by atoms with E-state index in [4.69, 9.17) is 37.0 Å². The lowest BCUT2D eigenvalue weighted by atomic mass is 10.0. The summed E-state index contributed by atoms with van der Waals surface area (Å²) in [5.41, 5.74) is 0. The molecular weight excluding hydrogens is 1100 g/mol. The average molecular weight is 1230 g/mol. The molecule has 0 radical (unpaired) electrons. The van der Waals surface area contributed by atoms with Gasteiger partial charge in [-0.25, -0.2) is 9.13 Å². The fourth-order valence-corrected chi connectivity index (χ4v) is 11.1. The molecular formula is C64H124O17P2.